The van der Waals surface area contributed by atoms with Gasteiger partial charge >= 0.3 is 0 Å². The van der Waals surface area contributed by atoms with Crippen LogP contribution in [0.1, 0.15) is 31.0 Å². The van der Waals surface area contributed by atoms with Crippen LogP contribution in [0.3, 0.4) is 0 Å². The molecule has 2 heteroatoms. The molecule has 0 N–H and O–H groups in total. The third kappa shape index (κ3) is 1.93. The normalized spacial score (nSPS) is 19.5. The van der Waals surface area contributed by atoms with Gasteiger partial charge in [0.15, 0.2) is 0 Å². The third-order valence-electron chi connectivity index (χ3n) is 2.73. The topological polar surface area (TPSA) is 0 Å². The van der Waals surface area contributed by atoms with Gasteiger partial charge in [0, 0.05) is 4.47 Å². The van der Waals surface area contributed by atoms with E-state index in [0.717, 1.165) is 22.9 Å². The van der Waals surface area contributed by atoms with Crippen LogP contribution in [0.15, 0.2) is 28.7 Å². The molecule has 1 aromatic carbocycles. The fraction of sp³-hybridized carbons (Fsp3) is 0.455. The Kier molecular flexibility index (Phi) is 2.68. The minimum absolute atomic E-state index is 0.272. The smallest absolute Gasteiger partial charge is 0.128 e. The van der Waals surface area contributed by atoms with Gasteiger partial charge in [-0.3, -0.25) is 0 Å². The fourth-order valence-corrected chi connectivity index (χ4v) is 2.10. The van der Waals surface area contributed by atoms with Gasteiger partial charge < -0.3 is 0 Å². The zero-order chi connectivity index (χ0) is 9.26. The molecule has 0 radical (unpaired) electrons. The molecule has 0 heterocycles. The van der Waals surface area contributed by atoms with Crippen LogP contribution in [0.5, 0.6) is 0 Å². The Hall–Kier alpha value is -0.370. The maximum Gasteiger partial charge on any atom is 0.128 e. The second-order valence-electron chi connectivity index (χ2n) is 3.65. The zero-order valence-corrected chi connectivity index (χ0v) is 8.93. The second-order valence-corrected chi connectivity index (χ2v) is 4.56. The van der Waals surface area contributed by atoms with Crippen LogP contribution in [0.4, 0.5) is 4.39 Å². The van der Waals surface area contributed by atoms with E-state index < -0.39 is 6.17 Å². The van der Waals surface area contributed by atoms with Crippen LogP contribution in [0, 0.1) is 5.92 Å². The number of halogens is 2. The SMILES string of the molecule is FC(c1cccc(Br)c1)C1CCC1. The molecule has 1 aromatic rings. The van der Waals surface area contributed by atoms with E-state index in [0.29, 0.717) is 0 Å². The van der Waals surface area contributed by atoms with Crippen LogP contribution in [0.2, 0.25) is 0 Å². The molecule has 0 aromatic heterocycles. The summed E-state index contributed by atoms with van der Waals surface area (Å²) >= 11 is 3.35. The van der Waals surface area contributed by atoms with Gasteiger partial charge in [-0.1, -0.05) is 34.5 Å². The van der Waals surface area contributed by atoms with Gasteiger partial charge in [-0.15, -0.1) is 0 Å². The van der Waals surface area contributed by atoms with Crippen molar-refractivity contribution in [3.05, 3.63) is 34.3 Å². The maximum atomic E-state index is 13.7. The summed E-state index contributed by atoms with van der Waals surface area (Å²) < 4.78 is 14.7. The summed E-state index contributed by atoms with van der Waals surface area (Å²) in [5.74, 6) is 0.272. The van der Waals surface area contributed by atoms with E-state index in [1.165, 1.54) is 6.42 Å². The van der Waals surface area contributed by atoms with Gasteiger partial charge in [0.25, 0.3) is 0 Å². The largest absolute Gasteiger partial charge is 0.242 e. The summed E-state index contributed by atoms with van der Waals surface area (Å²) in [6.45, 7) is 0. The monoisotopic (exact) mass is 242 g/mol. The molecule has 0 bridgehead atoms. The van der Waals surface area contributed by atoms with Gasteiger partial charge in [-0.2, -0.15) is 0 Å². The Balaban J connectivity index is 2.14. The van der Waals surface area contributed by atoms with Crippen LogP contribution in [0.25, 0.3) is 0 Å². The van der Waals surface area contributed by atoms with E-state index in [2.05, 4.69) is 15.9 Å². The molecule has 1 aliphatic rings. The van der Waals surface area contributed by atoms with Gasteiger partial charge in [0.05, 0.1) is 0 Å². The molecule has 0 nitrogen and oxygen atoms in total. The van der Waals surface area contributed by atoms with Gasteiger partial charge in [0.2, 0.25) is 0 Å². The Labute approximate surface area is 86.3 Å². The molecule has 1 unspecified atom stereocenters. The van der Waals surface area contributed by atoms with Crippen molar-refractivity contribution in [3.8, 4) is 0 Å². The number of alkyl halides is 1. The Bertz CT molecular complexity index is 294. The molecule has 0 spiro atoms. The molecule has 1 atom stereocenters. The zero-order valence-electron chi connectivity index (χ0n) is 7.34. The first-order chi connectivity index (χ1) is 6.27. The van der Waals surface area contributed by atoms with Crippen molar-refractivity contribution in [3.63, 3.8) is 0 Å². The van der Waals surface area contributed by atoms with E-state index in [1.54, 1.807) is 0 Å². The van der Waals surface area contributed by atoms with Crippen molar-refractivity contribution < 1.29 is 4.39 Å². The quantitative estimate of drug-likeness (QED) is 0.727. The van der Waals surface area contributed by atoms with E-state index in [9.17, 15) is 4.39 Å². The van der Waals surface area contributed by atoms with Crippen LogP contribution >= 0.6 is 15.9 Å². The van der Waals surface area contributed by atoms with E-state index in [4.69, 9.17) is 0 Å². The Morgan fingerprint density at radius 1 is 1.38 bits per heavy atom. The lowest BCUT2D eigenvalue weighted by Gasteiger charge is -2.28. The van der Waals surface area contributed by atoms with Crippen molar-refractivity contribution in [2.75, 3.05) is 0 Å². The van der Waals surface area contributed by atoms with Crippen molar-refractivity contribution in [1.29, 1.82) is 0 Å². The van der Waals surface area contributed by atoms with E-state index in [-0.39, 0.29) is 5.92 Å². The summed E-state index contributed by atoms with van der Waals surface area (Å²) in [6, 6.07) is 7.57. The van der Waals surface area contributed by atoms with Crippen molar-refractivity contribution in [2.45, 2.75) is 25.4 Å². The van der Waals surface area contributed by atoms with Crippen molar-refractivity contribution in [1.82, 2.24) is 0 Å². The summed E-state index contributed by atoms with van der Waals surface area (Å²) in [5.41, 5.74) is 0.819. The average Bonchev–Trinajstić information content (AvgIpc) is 2.01. The maximum absolute atomic E-state index is 13.7. The molecular weight excluding hydrogens is 231 g/mol. The predicted octanol–water partition coefficient (Wildman–Crippen LogP) is 4.26. The number of hydrogen-bond acceptors (Lipinski definition) is 0. The Morgan fingerprint density at radius 3 is 2.69 bits per heavy atom. The first-order valence-corrected chi connectivity index (χ1v) is 5.46. The van der Waals surface area contributed by atoms with Gasteiger partial charge in [-0.25, -0.2) is 4.39 Å². The highest BCUT2D eigenvalue weighted by atomic mass is 79.9. The number of benzene rings is 1. The van der Waals surface area contributed by atoms with Crippen LogP contribution < -0.4 is 0 Å². The lowest BCUT2D eigenvalue weighted by atomic mass is 9.79. The van der Waals surface area contributed by atoms with Gasteiger partial charge in [0.1, 0.15) is 6.17 Å². The van der Waals surface area contributed by atoms with Crippen molar-refractivity contribution in [2.24, 2.45) is 5.92 Å². The molecule has 0 aliphatic heterocycles. The van der Waals surface area contributed by atoms with Crippen LogP contribution in [-0.2, 0) is 0 Å². The van der Waals surface area contributed by atoms with Gasteiger partial charge in [-0.05, 0) is 36.5 Å². The highest BCUT2D eigenvalue weighted by Crippen LogP contribution is 2.40. The van der Waals surface area contributed by atoms with E-state index >= 15 is 0 Å². The lowest BCUT2D eigenvalue weighted by molar-refractivity contribution is 0.150. The van der Waals surface area contributed by atoms with E-state index in [1.807, 2.05) is 24.3 Å². The molecule has 1 saturated carbocycles. The first kappa shape index (κ1) is 9.20. The molecule has 2 rings (SSSR count). The summed E-state index contributed by atoms with van der Waals surface area (Å²) in [5, 5.41) is 0. The minimum Gasteiger partial charge on any atom is -0.242 e. The molecular formula is C11H12BrF. The third-order valence-corrected chi connectivity index (χ3v) is 3.22. The molecule has 70 valence electrons. The molecule has 0 saturated heterocycles. The summed E-state index contributed by atoms with van der Waals surface area (Å²) in [7, 11) is 0. The molecule has 1 aliphatic carbocycles. The summed E-state index contributed by atoms with van der Waals surface area (Å²) in [4.78, 5) is 0. The predicted molar refractivity (Wildman–Crippen MR) is 55.3 cm³/mol. The standard InChI is InChI=1S/C11H12BrF/c12-10-6-2-5-9(7-10)11(13)8-3-1-4-8/h2,5-8,11H,1,3-4H2. The first-order valence-electron chi connectivity index (χ1n) is 4.67. The summed E-state index contributed by atoms with van der Waals surface area (Å²) in [6.07, 6.45) is 2.53. The molecule has 0 amide bonds. The average molecular weight is 243 g/mol. The minimum atomic E-state index is -0.758. The lowest BCUT2D eigenvalue weighted by Crippen LogP contribution is -2.17. The molecule has 13 heavy (non-hydrogen) atoms. The highest BCUT2D eigenvalue weighted by molar-refractivity contribution is 9.10. The fourth-order valence-electron chi connectivity index (χ4n) is 1.68. The highest BCUT2D eigenvalue weighted by Gasteiger charge is 2.28. The Morgan fingerprint density at radius 2 is 2.15 bits per heavy atom. The van der Waals surface area contributed by atoms with Crippen LogP contribution in [-0.4, -0.2) is 0 Å². The number of hydrogen-bond donors (Lipinski definition) is 0. The van der Waals surface area contributed by atoms with Crippen molar-refractivity contribution >= 4 is 15.9 Å². The second kappa shape index (κ2) is 3.79. The number of rotatable bonds is 2. The molecule has 1 fully saturated rings.